The molecule has 1 fully saturated rings. The van der Waals surface area contributed by atoms with Crippen LogP contribution in [-0.4, -0.2) is 81.6 Å². The van der Waals surface area contributed by atoms with Crippen LogP contribution in [0.4, 0.5) is 0 Å². The summed E-state index contributed by atoms with van der Waals surface area (Å²) in [6.07, 6.45) is -11.9. The van der Waals surface area contributed by atoms with Crippen molar-refractivity contribution in [3.63, 3.8) is 0 Å². The smallest absolute Gasteiger partial charge is 0.385 e. The Hall–Kier alpha value is 0.360. The van der Waals surface area contributed by atoms with Crippen LogP contribution in [0.25, 0.3) is 0 Å². The van der Waals surface area contributed by atoms with E-state index in [0.29, 0.717) is 0 Å². The van der Waals surface area contributed by atoms with Gasteiger partial charge in [-0.25, -0.2) is 18.3 Å². The molecule has 0 spiro atoms. The van der Waals surface area contributed by atoms with Gasteiger partial charge in [-0.1, -0.05) is 0 Å². The van der Waals surface area contributed by atoms with Gasteiger partial charge in [-0.15, -0.1) is 0 Å². The van der Waals surface area contributed by atoms with Crippen LogP contribution in [0.2, 0.25) is 0 Å². The highest BCUT2D eigenvalue weighted by atomic mass is 31.2. The molecule has 18 nitrogen and oxygen atoms in total. The maximum atomic E-state index is 11.1. The SMILES string of the molecule is O=P(O)(O)OC[C@H]1O[C@H](OP(=O)(O)O)[C@H](O)[C@@H](OP(=O)(O)O)[C@@H]1OP(=O)(O)O. The molecule has 0 aromatic rings. The van der Waals surface area contributed by atoms with E-state index in [9.17, 15) is 23.4 Å². The summed E-state index contributed by atoms with van der Waals surface area (Å²) in [7, 11) is -21.7. The molecule has 9 N–H and O–H groups in total. The molecule has 0 aliphatic carbocycles. The average Bonchev–Trinajstić information content (AvgIpc) is 2.39. The van der Waals surface area contributed by atoms with Crippen LogP contribution in [0.3, 0.4) is 0 Å². The van der Waals surface area contributed by atoms with Crippen LogP contribution in [-0.2, 0) is 41.1 Å². The highest BCUT2D eigenvalue weighted by Gasteiger charge is 2.53. The van der Waals surface area contributed by atoms with Crippen molar-refractivity contribution in [3.05, 3.63) is 0 Å². The molecular weight excluding hydrogens is 484 g/mol. The predicted octanol–water partition coefficient (Wildman–Crippen LogP) is -2.75. The van der Waals surface area contributed by atoms with Crippen molar-refractivity contribution in [2.45, 2.75) is 30.7 Å². The Balaban J connectivity index is 3.30. The second-order valence-corrected chi connectivity index (χ2v) is 9.85. The number of hydrogen-bond donors (Lipinski definition) is 9. The standard InChI is InChI=1S/C6H16O18P4/c7-3-5(23-27(14,15)16)4(22-26(11,12)13)2(1-20-25(8,9)10)21-6(3)24-28(17,18)19/h2-7H,1H2,(H2,8,9,10)(H2,11,12,13)(H2,14,15,16)(H2,17,18,19)/t2-,3-,4-,5-,6-/m1/s1. The van der Waals surface area contributed by atoms with Crippen molar-refractivity contribution in [2.24, 2.45) is 0 Å². The first-order valence-electron chi connectivity index (χ1n) is 6.53. The number of ether oxygens (including phenoxy) is 1. The molecule has 1 heterocycles. The van der Waals surface area contributed by atoms with Gasteiger partial charge in [0.2, 0.25) is 0 Å². The van der Waals surface area contributed by atoms with Crippen LogP contribution in [0.15, 0.2) is 0 Å². The third-order valence-corrected chi connectivity index (χ3v) is 4.78. The molecule has 5 atom stereocenters. The molecule has 1 aliphatic rings. The van der Waals surface area contributed by atoms with Crippen LogP contribution >= 0.6 is 31.3 Å². The number of rotatable bonds is 9. The molecule has 0 aromatic heterocycles. The summed E-state index contributed by atoms with van der Waals surface area (Å²) in [4.78, 5) is 70.7. The second kappa shape index (κ2) is 9.24. The van der Waals surface area contributed by atoms with E-state index in [4.69, 9.17) is 43.9 Å². The largest absolute Gasteiger partial charge is 0.472 e. The van der Waals surface area contributed by atoms with Gasteiger partial charge in [-0.05, 0) is 0 Å². The minimum atomic E-state index is -5.52. The normalized spacial score (nSPS) is 30.4. The molecule has 1 rings (SSSR count). The fraction of sp³-hybridized carbons (Fsp3) is 1.00. The van der Waals surface area contributed by atoms with Crippen molar-refractivity contribution in [1.82, 2.24) is 0 Å². The van der Waals surface area contributed by atoms with Crippen LogP contribution in [0.5, 0.6) is 0 Å². The molecule has 22 heteroatoms. The quantitative estimate of drug-likeness (QED) is 0.145. The van der Waals surface area contributed by atoms with Crippen LogP contribution < -0.4 is 0 Å². The fourth-order valence-electron chi connectivity index (χ4n) is 1.99. The Morgan fingerprint density at radius 3 is 1.50 bits per heavy atom. The monoisotopic (exact) mass is 500 g/mol. The van der Waals surface area contributed by atoms with E-state index in [1.807, 2.05) is 0 Å². The van der Waals surface area contributed by atoms with Crippen molar-refractivity contribution in [1.29, 1.82) is 0 Å². The van der Waals surface area contributed by atoms with E-state index in [2.05, 4.69) is 18.1 Å². The minimum Gasteiger partial charge on any atom is -0.385 e. The topological polar surface area (TPSA) is 296 Å². The highest BCUT2D eigenvalue weighted by Crippen LogP contribution is 2.49. The molecule has 1 aliphatic heterocycles. The Labute approximate surface area is 154 Å². The van der Waals surface area contributed by atoms with Crippen molar-refractivity contribution < 1.29 is 85.3 Å². The van der Waals surface area contributed by atoms with E-state index in [0.717, 1.165) is 0 Å². The summed E-state index contributed by atoms with van der Waals surface area (Å²) in [6, 6.07) is 0. The zero-order valence-electron chi connectivity index (χ0n) is 13.1. The number of phosphoric ester groups is 4. The summed E-state index contributed by atoms with van der Waals surface area (Å²) < 4.78 is 65.1. The van der Waals surface area contributed by atoms with Crippen molar-refractivity contribution >= 4 is 31.3 Å². The maximum Gasteiger partial charge on any atom is 0.472 e. The van der Waals surface area contributed by atoms with Gasteiger partial charge in [0.15, 0.2) is 6.29 Å². The minimum absolute atomic E-state index is 1.30. The Morgan fingerprint density at radius 2 is 1.11 bits per heavy atom. The zero-order valence-corrected chi connectivity index (χ0v) is 16.7. The van der Waals surface area contributed by atoms with Gasteiger partial charge in [0.1, 0.15) is 24.4 Å². The summed E-state index contributed by atoms with van der Waals surface area (Å²) in [5.74, 6) is 0. The second-order valence-electron chi connectivity index (χ2n) is 5.04. The number of hydrogen-bond acceptors (Lipinski definition) is 10. The molecule has 168 valence electrons. The summed E-state index contributed by atoms with van der Waals surface area (Å²) in [5.41, 5.74) is 0. The summed E-state index contributed by atoms with van der Waals surface area (Å²) in [6.45, 7) is -1.30. The number of aliphatic hydroxyl groups excluding tert-OH is 1. The molecule has 0 radical (unpaired) electrons. The lowest BCUT2D eigenvalue weighted by Crippen LogP contribution is -2.60. The van der Waals surface area contributed by atoms with E-state index >= 15 is 0 Å². The van der Waals surface area contributed by atoms with Gasteiger partial charge in [0.05, 0.1) is 6.61 Å². The lowest BCUT2D eigenvalue weighted by molar-refractivity contribution is -0.273. The Bertz CT molecular complexity index is 688. The van der Waals surface area contributed by atoms with Crippen LogP contribution in [0.1, 0.15) is 0 Å². The first-order valence-corrected chi connectivity index (χ1v) is 12.6. The number of phosphoric acid groups is 4. The third kappa shape index (κ3) is 9.91. The molecular formula is C6H16O18P4. The summed E-state index contributed by atoms with van der Waals surface area (Å²) in [5, 5.41) is 9.98. The van der Waals surface area contributed by atoms with E-state index in [1.54, 1.807) is 0 Å². The molecule has 0 bridgehead atoms. The van der Waals surface area contributed by atoms with E-state index in [1.165, 1.54) is 0 Å². The predicted molar refractivity (Wildman–Crippen MR) is 79.6 cm³/mol. The molecule has 28 heavy (non-hydrogen) atoms. The highest BCUT2D eigenvalue weighted by molar-refractivity contribution is 7.47. The lowest BCUT2D eigenvalue weighted by atomic mass is 9.99. The van der Waals surface area contributed by atoms with Gasteiger partial charge in [0, 0.05) is 0 Å². The molecule has 0 amide bonds. The lowest BCUT2D eigenvalue weighted by Gasteiger charge is -2.43. The summed E-state index contributed by atoms with van der Waals surface area (Å²) >= 11 is 0. The van der Waals surface area contributed by atoms with Gasteiger partial charge in [-0.3, -0.25) is 18.1 Å². The van der Waals surface area contributed by atoms with Gasteiger partial charge in [0.25, 0.3) is 0 Å². The average molecular weight is 500 g/mol. The first kappa shape index (κ1) is 26.4. The van der Waals surface area contributed by atoms with Crippen LogP contribution in [0, 0.1) is 0 Å². The first-order chi connectivity index (χ1) is 12.3. The van der Waals surface area contributed by atoms with Crippen molar-refractivity contribution in [2.75, 3.05) is 6.61 Å². The fourth-order valence-corrected chi connectivity index (χ4v) is 3.91. The maximum absolute atomic E-state index is 11.1. The molecule has 0 unspecified atom stereocenters. The third-order valence-electron chi connectivity index (χ3n) is 2.78. The van der Waals surface area contributed by atoms with E-state index < -0.39 is 68.6 Å². The van der Waals surface area contributed by atoms with Crippen molar-refractivity contribution in [3.8, 4) is 0 Å². The van der Waals surface area contributed by atoms with Gasteiger partial charge < -0.3 is 49.0 Å². The van der Waals surface area contributed by atoms with E-state index in [-0.39, 0.29) is 0 Å². The Kier molecular flexibility index (Phi) is 8.71. The molecule has 0 aromatic carbocycles. The van der Waals surface area contributed by atoms with Gasteiger partial charge >= 0.3 is 31.3 Å². The zero-order chi connectivity index (χ0) is 22.1. The molecule has 0 saturated carbocycles. The Morgan fingerprint density at radius 1 is 0.679 bits per heavy atom. The van der Waals surface area contributed by atoms with Gasteiger partial charge in [-0.2, -0.15) is 0 Å². The number of aliphatic hydroxyl groups is 1. The molecule has 1 saturated heterocycles.